The molecule has 1 aliphatic heterocycles. The lowest BCUT2D eigenvalue weighted by Crippen LogP contribution is -2.60. The standard InChI is InChI=1S/C34H36O6S/c1-36-28-19-17-27(18-20-28)24-37-31-30(21-35)40-34(41-29-15-9-4-10-16-29)33(39-23-26-13-7-3-8-14-26)32(31)38-22-25-11-5-2-6-12-25/h2-20,30-35H,21-24H2,1H3/t30-,31-,32+,33-,34+/m1/s1. The smallest absolute Gasteiger partial charge is 0.137 e. The number of aliphatic hydroxyl groups excluding tert-OH is 1. The maximum atomic E-state index is 10.5. The van der Waals surface area contributed by atoms with Gasteiger partial charge in [0.15, 0.2) is 0 Å². The van der Waals surface area contributed by atoms with Gasteiger partial charge in [-0.3, -0.25) is 0 Å². The van der Waals surface area contributed by atoms with E-state index in [1.165, 1.54) is 0 Å². The van der Waals surface area contributed by atoms with Gasteiger partial charge in [0.1, 0.15) is 35.6 Å². The average molecular weight is 573 g/mol. The molecule has 41 heavy (non-hydrogen) atoms. The molecule has 6 nitrogen and oxygen atoms in total. The van der Waals surface area contributed by atoms with Gasteiger partial charge in [0, 0.05) is 4.90 Å². The predicted octanol–water partition coefficient (Wildman–Crippen LogP) is 6.26. The number of methoxy groups -OCH3 is 1. The minimum atomic E-state index is -0.605. The van der Waals surface area contributed by atoms with Gasteiger partial charge in [-0.2, -0.15) is 0 Å². The van der Waals surface area contributed by atoms with Gasteiger partial charge in [-0.15, -0.1) is 0 Å². The molecule has 1 aliphatic rings. The molecule has 0 radical (unpaired) electrons. The Morgan fingerprint density at radius 2 is 1.10 bits per heavy atom. The summed E-state index contributed by atoms with van der Waals surface area (Å²) in [5, 5.41) is 10.5. The molecule has 1 heterocycles. The summed E-state index contributed by atoms with van der Waals surface area (Å²) in [5.74, 6) is 0.780. The van der Waals surface area contributed by atoms with Crippen molar-refractivity contribution in [2.45, 2.75) is 54.6 Å². The highest BCUT2D eigenvalue weighted by molar-refractivity contribution is 7.99. The molecule has 4 aromatic carbocycles. The topological polar surface area (TPSA) is 66.4 Å². The van der Waals surface area contributed by atoms with Crippen molar-refractivity contribution in [2.75, 3.05) is 13.7 Å². The molecule has 0 bridgehead atoms. The molecule has 0 spiro atoms. The molecule has 0 saturated carbocycles. The van der Waals surface area contributed by atoms with Crippen molar-refractivity contribution in [3.63, 3.8) is 0 Å². The van der Waals surface area contributed by atoms with Crippen molar-refractivity contribution < 1.29 is 28.8 Å². The first kappa shape index (κ1) is 29.3. The number of aliphatic hydroxyl groups is 1. The Morgan fingerprint density at radius 3 is 1.63 bits per heavy atom. The third-order valence-electron chi connectivity index (χ3n) is 6.94. The monoisotopic (exact) mass is 572 g/mol. The number of benzene rings is 4. The Hall–Kier alpha value is -3.17. The van der Waals surface area contributed by atoms with Crippen LogP contribution in [0.3, 0.4) is 0 Å². The molecule has 0 amide bonds. The zero-order valence-electron chi connectivity index (χ0n) is 23.1. The number of rotatable bonds is 13. The van der Waals surface area contributed by atoms with Gasteiger partial charge in [-0.25, -0.2) is 0 Å². The molecular weight excluding hydrogens is 536 g/mol. The molecule has 1 fully saturated rings. The van der Waals surface area contributed by atoms with Crippen LogP contribution in [0.2, 0.25) is 0 Å². The highest BCUT2D eigenvalue weighted by Gasteiger charge is 2.48. The third-order valence-corrected chi connectivity index (χ3v) is 8.09. The lowest BCUT2D eigenvalue weighted by Gasteiger charge is -2.45. The fraction of sp³-hybridized carbons (Fsp3) is 0.294. The molecule has 0 unspecified atom stereocenters. The Labute approximate surface area is 246 Å². The first-order valence-corrected chi connectivity index (χ1v) is 14.6. The highest BCUT2D eigenvalue weighted by Crippen LogP contribution is 2.38. The molecule has 7 heteroatoms. The van der Waals surface area contributed by atoms with E-state index in [1.807, 2.05) is 115 Å². The van der Waals surface area contributed by atoms with E-state index in [0.29, 0.717) is 19.8 Å². The zero-order chi connectivity index (χ0) is 28.3. The van der Waals surface area contributed by atoms with Gasteiger partial charge in [-0.05, 0) is 41.0 Å². The van der Waals surface area contributed by atoms with Crippen molar-refractivity contribution in [1.82, 2.24) is 0 Å². The molecular formula is C34H36O6S. The third kappa shape index (κ3) is 8.20. The second-order valence-corrected chi connectivity index (χ2v) is 11.0. The summed E-state index contributed by atoms with van der Waals surface area (Å²) >= 11 is 1.57. The SMILES string of the molecule is COc1ccc(CO[C@H]2[C@H](OCc3ccccc3)[C@@H](OCc3ccccc3)[C@H](Sc3ccccc3)O[C@@H]2CO)cc1. The summed E-state index contributed by atoms with van der Waals surface area (Å²) in [6.07, 6.45) is -2.16. The van der Waals surface area contributed by atoms with Crippen LogP contribution in [0.1, 0.15) is 16.7 Å². The van der Waals surface area contributed by atoms with Gasteiger partial charge in [0.05, 0.1) is 33.5 Å². The Bertz CT molecular complexity index is 1290. The van der Waals surface area contributed by atoms with Crippen LogP contribution in [-0.2, 0) is 38.8 Å². The van der Waals surface area contributed by atoms with Crippen molar-refractivity contribution >= 4 is 11.8 Å². The fourth-order valence-electron chi connectivity index (χ4n) is 4.77. The van der Waals surface area contributed by atoms with Crippen LogP contribution in [0.15, 0.2) is 120 Å². The zero-order valence-corrected chi connectivity index (χ0v) is 23.9. The van der Waals surface area contributed by atoms with E-state index in [4.69, 9.17) is 23.7 Å². The van der Waals surface area contributed by atoms with Crippen LogP contribution in [0.4, 0.5) is 0 Å². The summed E-state index contributed by atoms with van der Waals surface area (Å²) in [7, 11) is 1.64. The first-order valence-electron chi connectivity index (χ1n) is 13.8. The summed E-state index contributed by atoms with van der Waals surface area (Å²) < 4.78 is 31.6. The van der Waals surface area contributed by atoms with E-state index < -0.39 is 29.9 Å². The van der Waals surface area contributed by atoms with E-state index in [2.05, 4.69) is 0 Å². The summed E-state index contributed by atoms with van der Waals surface area (Å²) in [6.45, 7) is 0.873. The minimum absolute atomic E-state index is 0.213. The van der Waals surface area contributed by atoms with Crippen LogP contribution in [0.25, 0.3) is 0 Å². The van der Waals surface area contributed by atoms with E-state index in [0.717, 1.165) is 27.3 Å². The molecule has 214 valence electrons. The van der Waals surface area contributed by atoms with Crippen LogP contribution >= 0.6 is 11.8 Å². The van der Waals surface area contributed by atoms with Gasteiger partial charge < -0.3 is 28.8 Å². The largest absolute Gasteiger partial charge is 0.497 e. The van der Waals surface area contributed by atoms with Gasteiger partial charge in [-0.1, -0.05) is 103 Å². The highest BCUT2D eigenvalue weighted by atomic mass is 32.2. The predicted molar refractivity (Wildman–Crippen MR) is 160 cm³/mol. The fourth-order valence-corrected chi connectivity index (χ4v) is 5.92. The molecule has 0 aromatic heterocycles. The number of hydrogen-bond donors (Lipinski definition) is 1. The second-order valence-electron chi connectivity index (χ2n) is 9.80. The van der Waals surface area contributed by atoms with E-state index >= 15 is 0 Å². The molecule has 5 atom stereocenters. The molecule has 4 aromatic rings. The molecule has 1 saturated heterocycles. The van der Waals surface area contributed by atoms with Crippen LogP contribution < -0.4 is 4.74 Å². The normalized spacial score (nSPS) is 22.3. The van der Waals surface area contributed by atoms with Crippen LogP contribution in [0.5, 0.6) is 5.75 Å². The maximum absolute atomic E-state index is 10.5. The Morgan fingerprint density at radius 1 is 0.610 bits per heavy atom. The van der Waals surface area contributed by atoms with Gasteiger partial charge in [0.2, 0.25) is 0 Å². The average Bonchev–Trinajstić information content (AvgIpc) is 3.04. The van der Waals surface area contributed by atoms with Gasteiger partial charge >= 0.3 is 0 Å². The number of hydrogen-bond acceptors (Lipinski definition) is 7. The maximum Gasteiger partial charge on any atom is 0.137 e. The van der Waals surface area contributed by atoms with Crippen molar-refractivity contribution in [3.05, 3.63) is 132 Å². The van der Waals surface area contributed by atoms with Crippen LogP contribution in [-0.4, -0.2) is 48.7 Å². The van der Waals surface area contributed by atoms with Crippen molar-refractivity contribution in [2.24, 2.45) is 0 Å². The lowest BCUT2D eigenvalue weighted by atomic mass is 9.99. The Kier molecular flexibility index (Phi) is 10.9. The van der Waals surface area contributed by atoms with Crippen molar-refractivity contribution in [1.29, 1.82) is 0 Å². The van der Waals surface area contributed by atoms with E-state index in [1.54, 1.807) is 18.9 Å². The molecule has 0 aliphatic carbocycles. The van der Waals surface area contributed by atoms with Crippen molar-refractivity contribution in [3.8, 4) is 5.75 Å². The first-order chi connectivity index (χ1) is 20.2. The summed E-state index contributed by atoms with van der Waals surface area (Å²) in [6, 6.07) is 37.9. The second kappa shape index (κ2) is 15.2. The summed E-state index contributed by atoms with van der Waals surface area (Å²) in [4.78, 5) is 1.04. The van der Waals surface area contributed by atoms with E-state index in [-0.39, 0.29) is 6.61 Å². The number of thioether (sulfide) groups is 1. The molecule has 5 rings (SSSR count). The summed E-state index contributed by atoms with van der Waals surface area (Å²) in [5.41, 5.74) is 2.65. The minimum Gasteiger partial charge on any atom is -0.497 e. The lowest BCUT2D eigenvalue weighted by molar-refractivity contribution is -0.251. The van der Waals surface area contributed by atoms with Crippen LogP contribution in [0, 0.1) is 0 Å². The number of ether oxygens (including phenoxy) is 5. The van der Waals surface area contributed by atoms with E-state index in [9.17, 15) is 5.11 Å². The Balaban J connectivity index is 1.43. The van der Waals surface area contributed by atoms with Gasteiger partial charge in [0.25, 0.3) is 0 Å². The molecule has 1 N–H and O–H groups in total. The quantitative estimate of drug-likeness (QED) is 0.203.